The lowest BCUT2D eigenvalue weighted by molar-refractivity contribution is -0.131. The highest BCUT2D eigenvalue weighted by molar-refractivity contribution is 7.12. The molecule has 1 aromatic heterocycles. The van der Waals surface area contributed by atoms with Crippen LogP contribution in [-0.4, -0.2) is 54.7 Å². The summed E-state index contributed by atoms with van der Waals surface area (Å²) in [6.45, 7) is 5.91. The molecule has 0 atom stereocenters. The molecule has 0 saturated carbocycles. The smallest absolute Gasteiger partial charge is 0.236 e. The number of carbonyl (C=O) groups is 2. The summed E-state index contributed by atoms with van der Waals surface area (Å²) in [7, 11) is 1.80. The Kier molecular flexibility index (Phi) is 6.01. The van der Waals surface area contributed by atoms with E-state index in [4.69, 9.17) is 0 Å². The first-order valence-corrected chi connectivity index (χ1v) is 6.99. The highest BCUT2D eigenvalue weighted by Crippen LogP contribution is 2.09. The Morgan fingerprint density at radius 1 is 1.22 bits per heavy atom. The topological polar surface area (TPSA) is 40.6 Å². The van der Waals surface area contributed by atoms with Gasteiger partial charge >= 0.3 is 0 Å². The van der Waals surface area contributed by atoms with E-state index >= 15 is 0 Å². The zero-order valence-electron chi connectivity index (χ0n) is 11.2. The zero-order valence-corrected chi connectivity index (χ0v) is 12.0. The maximum Gasteiger partial charge on any atom is 0.236 e. The molecule has 1 rings (SSSR count). The van der Waals surface area contributed by atoms with Gasteiger partial charge in [0.1, 0.15) is 0 Å². The molecule has 0 bridgehead atoms. The molecule has 1 aromatic rings. The number of hydrogen-bond donors (Lipinski definition) is 0. The summed E-state index contributed by atoms with van der Waals surface area (Å²) >= 11 is 1.44. The van der Waals surface area contributed by atoms with Crippen molar-refractivity contribution in [1.29, 1.82) is 0 Å². The highest BCUT2D eigenvalue weighted by atomic mass is 32.1. The Morgan fingerprint density at radius 3 is 2.39 bits per heavy atom. The van der Waals surface area contributed by atoms with Crippen LogP contribution in [0.15, 0.2) is 17.5 Å². The molecule has 0 unspecified atom stereocenters. The van der Waals surface area contributed by atoms with Crippen molar-refractivity contribution in [1.82, 2.24) is 9.80 Å². The lowest BCUT2D eigenvalue weighted by Crippen LogP contribution is -2.40. The van der Waals surface area contributed by atoms with Gasteiger partial charge in [0.2, 0.25) is 5.91 Å². The van der Waals surface area contributed by atoms with Gasteiger partial charge in [-0.25, -0.2) is 0 Å². The molecule has 1 amide bonds. The molecule has 0 aromatic carbocycles. The van der Waals surface area contributed by atoms with Crippen LogP contribution in [0.25, 0.3) is 0 Å². The van der Waals surface area contributed by atoms with Gasteiger partial charge in [-0.3, -0.25) is 14.5 Å². The summed E-state index contributed by atoms with van der Waals surface area (Å²) in [6, 6.07) is 3.67. The highest BCUT2D eigenvalue weighted by Gasteiger charge is 2.15. The Bertz CT molecular complexity index is 386. The van der Waals surface area contributed by atoms with Crippen molar-refractivity contribution in [3.63, 3.8) is 0 Å². The van der Waals surface area contributed by atoms with E-state index in [-0.39, 0.29) is 18.2 Å². The molecule has 0 spiro atoms. The number of Topliss-reactive ketones (excluding diaryl/α,β-unsaturated/α-hetero) is 1. The second kappa shape index (κ2) is 7.28. The van der Waals surface area contributed by atoms with Crippen molar-refractivity contribution in [2.75, 3.05) is 33.2 Å². The van der Waals surface area contributed by atoms with E-state index in [1.54, 1.807) is 16.8 Å². The predicted octanol–water partition coefficient (Wildman–Crippen LogP) is 1.73. The Labute approximate surface area is 112 Å². The van der Waals surface area contributed by atoms with E-state index in [2.05, 4.69) is 0 Å². The Morgan fingerprint density at radius 2 is 1.89 bits per heavy atom. The summed E-state index contributed by atoms with van der Waals surface area (Å²) in [5.74, 6) is 0.140. The van der Waals surface area contributed by atoms with Crippen molar-refractivity contribution < 1.29 is 9.59 Å². The molecule has 0 aliphatic carbocycles. The quantitative estimate of drug-likeness (QED) is 0.707. The molecule has 5 heteroatoms. The normalized spacial score (nSPS) is 10.7. The van der Waals surface area contributed by atoms with Crippen LogP contribution < -0.4 is 0 Å². The van der Waals surface area contributed by atoms with Crippen LogP contribution in [-0.2, 0) is 4.79 Å². The van der Waals surface area contributed by atoms with Gasteiger partial charge in [0.15, 0.2) is 5.78 Å². The summed E-state index contributed by atoms with van der Waals surface area (Å²) in [6.07, 6.45) is 0. The summed E-state index contributed by atoms with van der Waals surface area (Å²) < 4.78 is 0. The molecule has 0 radical (unpaired) electrons. The van der Waals surface area contributed by atoms with Crippen molar-refractivity contribution in [2.24, 2.45) is 0 Å². The third-order valence-electron chi connectivity index (χ3n) is 2.73. The van der Waals surface area contributed by atoms with E-state index in [9.17, 15) is 9.59 Å². The van der Waals surface area contributed by atoms with Gasteiger partial charge in [-0.2, -0.15) is 0 Å². The average molecular weight is 268 g/mol. The van der Waals surface area contributed by atoms with E-state index in [1.807, 2.05) is 31.4 Å². The molecule has 18 heavy (non-hydrogen) atoms. The number of rotatable bonds is 7. The van der Waals surface area contributed by atoms with Crippen LogP contribution in [0.2, 0.25) is 0 Å². The van der Waals surface area contributed by atoms with Crippen LogP contribution >= 0.6 is 11.3 Å². The molecule has 100 valence electrons. The maximum atomic E-state index is 11.9. The summed E-state index contributed by atoms with van der Waals surface area (Å²) in [4.78, 5) is 28.0. The van der Waals surface area contributed by atoms with Crippen LogP contribution in [0.3, 0.4) is 0 Å². The fourth-order valence-electron chi connectivity index (χ4n) is 1.72. The molecular formula is C13H20N2O2S. The van der Waals surface area contributed by atoms with Gasteiger partial charge in [-0.05, 0) is 32.3 Å². The van der Waals surface area contributed by atoms with Crippen molar-refractivity contribution in [2.45, 2.75) is 13.8 Å². The molecular weight excluding hydrogens is 248 g/mol. The number of ketones is 1. The first-order valence-electron chi connectivity index (χ1n) is 6.11. The predicted molar refractivity (Wildman–Crippen MR) is 74.1 cm³/mol. The summed E-state index contributed by atoms with van der Waals surface area (Å²) in [5, 5.41) is 1.88. The number of hydrogen-bond acceptors (Lipinski definition) is 4. The zero-order chi connectivity index (χ0) is 13.5. The second-order valence-corrected chi connectivity index (χ2v) is 5.09. The van der Waals surface area contributed by atoms with E-state index in [0.717, 1.165) is 4.88 Å². The molecule has 0 fully saturated rings. The fraction of sp³-hybridized carbons (Fsp3) is 0.538. The number of likely N-dealkylation sites (N-methyl/N-ethyl adjacent to an activating group) is 2. The Hall–Kier alpha value is -1.20. The van der Waals surface area contributed by atoms with Gasteiger partial charge in [0.05, 0.1) is 18.0 Å². The molecule has 4 nitrogen and oxygen atoms in total. The van der Waals surface area contributed by atoms with E-state index in [0.29, 0.717) is 19.6 Å². The first-order chi connectivity index (χ1) is 8.58. The van der Waals surface area contributed by atoms with Gasteiger partial charge in [0, 0.05) is 13.1 Å². The number of nitrogens with zero attached hydrogens (tertiary/aromatic N) is 2. The van der Waals surface area contributed by atoms with Gasteiger partial charge in [-0.1, -0.05) is 6.07 Å². The minimum atomic E-state index is 0.0693. The Balaban J connectivity index is 2.44. The third kappa shape index (κ3) is 4.23. The lowest BCUT2D eigenvalue weighted by Gasteiger charge is -2.22. The molecule has 0 saturated heterocycles. The van der Waals surface area contributed by atoms with E-state index in [1.165, 1.54) is 11.3 Å². The minimum Gasteiger partial charge on any atom is -0.342 e. The summed E-state index contributed by atoms with van der Waals surface area (Å²) in [5.41, 5.74) is 0. The first kappa shape index (κ1) is 14.9. The second-order valence-electron chi connectivity index (χ2n) is 4.14. The number of thiophene rings is 1. The van der Waals surface area contributed by atoms with Crippen LogP contribution in [0.4, 0.5) is 0 Å². The van der Waals surface area contributed by atoms with E-state index < -0.39 is 0 Å². The standard InChI is InChI=1S/C13H20N2O2S/c1-4-15(5-2)13(17)10-14(3)9-11(16)12-7-6-8-18-12/h6-8H,4-5,9-10H2,1-3H3. The maximum absolute atomic E-state index is 11.9. The van der Waals surface area contributed by atoms with Crippen LogP contribution in [0.1, 0.15) is 23.5 Å². The minimum absolute atomic E-state index is 0.0693. The fourth-order valence-corrected chi connectivity index (χ4v) is 2.38. The molecule has 0 aliphatic rings. The van der Waals surface area contributed by atoms with Crippen LogP contribution in [0, 0.1) is 0 Å². The SMILES string of the molecule is CCN(CC)C(=O)CN(C)CC(=O)c1cccs1. The third-order valence-corrected chi connectivity index (χ3v) is 3.64. The molecule has 0 N–H and O–H groups in total. The monoisotopic (exact) mass is 268 g/mol. The van der Waals surface area contributed by atoms with Crippen molar-refractivity contribution in [3.8, 4) is 0 Å². The number of carbonyl (C=O) groups excluding carboxylic acids is 2. The van der Waals surface area contributed by atoms with Gasteiger partial charge in [0.25, 0.3) is 0 Å². The average Bonchev–Trinajstić information content (AvgIpc) is 2.83. The van der Waals surface area contributed by atoms with Crippen molar-refractivity contribution in [3.05, 3.63) is 22.4 Å². The largest absolute Gasteiger partial charge is 0.342 e. The van der Waals surface area contributed by atoms with Gasteiger partial charge < -0.3 is 4.90 Å². The van der Waals surface area contributed by atoms with Gasteiger partial charge in [-0.15, -0.1) is 11.3 Å². The van der Waals surface area contributed by atoms with Crippen molar-refractivity contribution >= 4 is 23.0 Å². The lowest BCUT2D eigenvalue weighted by atomic mass is 10.3. The molecule has 1 heterocycles. The number of amides is 1. The molecule has 0 aliphatic heterocycles. The van der Waals surface area contributed by atoms with Crippen LogP contribution in [0.5, 0.6) is 0 Å².